The minimum Gasteiger partial charge on any atom is -0.372 e. The number of anilines is 2. The fourth-order valence-electron chi connectivity index (χ4n) is 2.97. The Morgan fingerprint density at radius 3 is 2.30 bits per heavy atom. The van der Waals surface area contributed by atoms with E-state index in [1.165, 1.54) is 0 Å². The summed E-state index contributed by atoms with van der Waals surface area (Å²) in [5.74, 6) is 0.0473. The first-order valence-electron chi connectivity index (χ1n) is 7.99. The second kappa shape index (κ2) is 6.84. The van der Waals surface area contributed by atoms with Gasteiger partial charge in [0, 0.05) is 18.8 Å². The van der Waals surface area contributed by atoms with E-state index in [1.807, 2.05) is 73.3 Å². The van der Waals surface area contributed by atoms with Crippen LogP contribution in [0.1, 0.15) is 24.2 Å². The van der Waals surface area contributed by atoms with E-state index in [0.717, 1.165) is 11.4 Å². The summed E-state index contributed by atoms with van der Waals surface area (Å²) >= 11 is 0. The van der Waals surface area contributed by atoms with Crippen LogP contribution < -0.4 is 5.32 Å². The van der Waals surface area contributed by atoms with Crippen LogP contribution in [0.15, 0.2) is 54.6 Å². The monoisotopic (exact) mass is 310 g/mol. The molecule has 1 amide bonds. The SMILES string of the molecule is C[C@@H]1CN(C(=O)c2ccccc2Nc2ccccc2)C[C@@H](C)O1. The number of para-hydroxylation sites is 2. The molecule has 120 valence electrons. The molecule has 0 radical (unpaired) electrons. The lowest BCUT2D eigenvalue weighted by Gasteiger charge is -2.35. The fraction of sp³-hybridized carbons (Fsp3) is 0.316. The summed E-state index contributed by atoms with van der Waals surface area (Å²) in [7, 11) is 0. The number of morpholine rings is 1. The van der Waals surface area contributed by atoms with Gasteiger partial charge in [0.15, 0.2) is 0 Å². The maximum absolute atomic E-state index is 12.9. The minimum absolute atomic E-state index is 0.0473. The van der Waals surface area contributed by atoms with Gasteiger partial charge in [-0.1, -0.05) is 30.3 Å². The molecule has 0 bridgehead atoms. The van der Waals surface area contributed by atoms with Gasteiger partial charge in [0.2, 0.25) is 0 Å². The molecule has 0 aromatic heterocycles. The summed E-state index contributed by atoms with van der Waals surface area (Å²) in [6.07, 6.45) is 0.133. The third-order valence-electron chi connectivity index (χ3n) is 3.92. The highest BCUT2D eigenvalue weighted by atomic mass is 16.5. The van der Waals surface area contributed by atoms with Crippen molar-refractivity contribution in [1.82, 2.24) is 4.90 Å². The van der Waals surface area contributed by atoms with Gasteiger partial charge >= 0.3 is 0 Å². The van der Waals surface area contributed by atoms with Crippen LogP contribution in [0.5, 0.6) is 0 Å². The Kier molecular flexibility index (Phi) is 4.63. The van der Waals surface area contributed by atoms with E-state index in [4.69, 9.17) is 4.74 Å². The number of nitrogens with one attached hydrogen (secondary N) is 1. The zero-order chi connectivity index (χ0) is 16.2. The highest BCUT2D eigenvalue weighted by molar-refractivity contribution is 6.00. The molecule has 2 aromatic carbocycles. The average molecular weight is 310 g/mol. The summed E-state index contributed by atoms with van der Waals surface area (Å²) in [6.45, 7) is 5.26. The number of rotatable bonds is 3. The molecule has 0 saturated carbocycles. The lowest BCUT2D eigenvalue weighted by Crippen LogP contribution is -2.48. The molecule has 0 aliphatic carbocycles. The van der Waals surface area contributed by atoms with E-state index >= 15 is 0 Å². The van der Waals surface area contributed by atoms with Crippen LogP contribution in [0, 0.1) is 0 Å². The van der Waals surface area contributed by atoms with Crippen LogP contribution >= 0.6 is 0 Å². The van der Waals surface area contributed by atoms with Gasteiger partial charge in [-0.3, -0.25) is 4.79 Å². The first-order chi connectivity index (χ1) is 11.1. The maximum atomic E-state index is 12.9. The Hall–Kier alpha value is -2.33. The van der Waals surface area contributed by atoms with Gasteiger partial charge in [0.1, 0.15) is 0 Å². The minimum atomic E-state index is 0.0473. The van der Waals surface area contributed by atoms with Gasteiger partial charge in [-0.2, -0.15) is 0 Å². The van der Waals surface area contributed by atoms with Crippen LogP contribution in [0.4, 0.5) is 11.4 Å². The third kappa shape index (κ3) is 3.71. The first-order valence-corrected chi connectivity index (χ1v) is 7.99. The molecular formula is C19H22N2O2. The second-order valence-corrected chi connectivity index (χ2v) is 6.00. The number of nitrogens with zero attached hydrogens (tertiary/aromatic N) is 1. The van der Waals surface area contributed by atoms with Gasteiger partial charge in [0.25, 0.3) is 5.91 Å². The molecule has 1 aliphatic heterocycles. The van der Waals surface area contributed by atoms with Crippen molar-refractivity contribution < 1.29 is 9.53 Å². The number of carbonyl (C=O) groups excluding carboxylic acids is 1. The number of hydrogen-bond donors (Lipinski definition) is 1. The van der Waals surface area contributed by atoms with Crippen molar-refractivity contribution in [1.29, 1.82) is 0 Å². The molecule has 0 spiro atoms. The van der Waals surface area contributed by atoms with Gasteiger partial charge in [-0.25, -0.2) is 0 Å². The zero-order valence-corrected chi connectivity index (χ0v) is 13.5. The lowest BCUT2D eigenvalue weighted by atomic mass is 10.1. The van der Waals surface area contributed by atoms with Gasteiger partial charge in [0.05, 0.1) is 23.5 Å². The summed E-state index contributed by atoms with van der Waals surface area (Å²) < 4.78 is 5.72. The first kappa shape index (κ1) is 15.6. The summed E-state index contributed by atoms with van der Waals surface area (Å²) in [5.41, 5.74) is 2.49. The Labute approximate surface area is 137 Å². The van der Waals surface area contributed by atoms with E-state index in [2.05, 4.69) is 5.32 Å². The predicted molar refractivity (Wildman–Crippen MR) is 92.1 cm³/mol. The molecule has 4 nitrogen and oxygen atoms in total. The van der Waals surface area contributed by atoms with Gasteiger partial charge < -0.3 is 15.0 Å². The number of amides is 1. The predicted octanol–water partition coefficient (Wildman–Crippen LogP) is 3.68. The molecule has 0 unspecified atom stereocenters. The van der Waals surface area contributed by atoms with Crippen LogP contribution in [-0.4, -0.2) is 36.1 Å². The summed E-state index contributed by atoms with van der Waals surface area (Å²) in [5, 5.41) is 3.34. The molecular weight excluding hydrogens is 288 g/mol. The molecule has 2 atom stereocenters. The largest absolute Gasteiger partial charge is 0.372 e. The third-order valence-corrected chi connectivity index (χ3v) is 3.92. The van der Waals surface area contributed by atoms with Crippen molar-refractivity contribution in [2.45, 2.75) is 26.1 Å². The van der Waals surface area contributed by atoms with Crippen molar-refractivity contribution in [2.75, 3.05) is 18.4 Å². The van der Waals surface area contributed by atoms with Crippen molar-refractivity contribution >= 4 is 17.3 Å². The molecule has 3 rings (SSSR count). The molecule has 1 aliphatic rings. The van der Waals surface area contributed by atoms with Crippen LogP contribution in [0.25, 0.3) is 0 Å². The fourth-order valence-corrected chi connectivity index (χ4v) is 2.97. The van der Waals surface area contributed by atoms with Gasteiger partial charge in [-0.15, -0.1) is 0 Å². The zero-order valence-electron chi connectivity index (χ0n) is 13.5. The van der Waals surface area contributed by atoms with Crippen molar-refractivity contribution in [3.05, 3.63) is 60.2 Å². The highest BCUT2D eigenvalue weighted by Crippen LogP contribution is 2.23. The number of benzene rings is 2. The van der Waals surface area contributed by atoms with E-state index in [-0.39, 0.29) is 18.1 Å². The normalized spacial score (nSPS) is 21.0. The van der Waals surface area contributed by atoms with Crippen molar-refractivity contribution in [3.63, 3.8) is 0 Å². The summed E-state index contributed by atoms with van der Waals surface area (Å²) in [4.78, 5) is 14.8. The molecule has 1 N–H and O–H groups in total. The molecule has 23 heavy (non-hydrogen) atoms. The summed E-state index contributed by atoms with van der Waals surface area (Å²) in [6, 6.07) is 17.5. The van der Waals surface area contributed by atoms with Crippen molar-refractivity contribution in [2.24, 2.45) is 0 Å². The molecule has 1 saturated heterocycles. The Morgan fingerprint density at radius 1 is 1.00 bits per heavy atom. The number of hydrogen-bond acceptors (Lipinski definition) is 3. The quantitative estimate of drug-likeness (QED) is 0.940. The van der Waals surface area contributed by atoms with E-state index in [1.54, 1.807) is 0 Å². The van der Waals surface area contributed by atoms with Crippen LogP contribution in [0.3, 0.4) is 0 Å². The molecule has 2 aromatic rings. The Bertz CT molecular complexity index is 662. The standard InChI is InChI=1S/C19H22N2O2/c1-14-12-21(13-15(2)23-14)19(22)17-10-6-7-11-18(17)20-16-8-4-3-5-9-16/h3-11,14-15,20H,12-13H2,1-2H3/t14-,15-/m1/s1. The van der Waals surface area contributed by atoms with Gasteiger partial charge in [-0.05, 0) is 38.1 Å². The molecule has 4 heteroatoms. The Balaban J connectivity index is 1.83. The average Bonchev–Trinajstić information content (AvgIpc) is 2.55. The Morgan fingerprint density at radius 2 is 1.61 bits per heavy atom. The molecule has 1 heterocycles. The smallest absolute Gasteiger partial charge is 0.256 e. The maximum Gasteiger partial charge on any atom is 0.256 e. The highest BCUT2D eigenvalue weighted by Gasteiger charge is 2.27. The van der Waals surface area contributed by atoms with E-state index < -0.39 is 0 Å². The lowest BCUT2D eigenvalue weighted by molar-refractivity contribution is -0.0585. The van der Waals surface area contributed by atoms with Crippen LogP contribution in [0.2, 0.25) is 0 Å². The topological polar surface area (TPSA) is 41.6 Å². The van der Waals surface area contributed by atoms with E-state index in [0.29, 0.717) is 18.7 Å². The number of ether oxygens (including phenoxy) is 1. The second-order valence-electron chi connectivity index (χ2n) is 6.00. The van der Waals surface area contributed by atoms with Crippen molar-refractivity contribution in [3.8, 4) is 0 Å². The number of carbonyl (C=O) groups is 1. The van der Waals surface area contributed by atoms with E-state index in [9.17, 15) is 4.79 Å². The molecule has 1 fully saturated rings. The van der Waals surface area contributed by atoms with Crippen LogP contribution in [-0.2, 0) is 4.74 Å².